The zero-order valence-corrected chi connectivity index (χ0v) is 24.7. The average molecular weight is 571 g/mol. The Hall–Kier alpha value is -1.56. The maximum absolute atomic E-state index is 11.2. The lowest BCUT2D eigenvalue weighted by Crippen LogP contribution is -2.51. The minimum atomic E-state index is -0.608. The van der Waals surface area contributed by atoms with Gasteiger partial charge in [0.05, 0.1) is 64.1 Å². The van der Waals surface area contributed by atoms with E-state index in [0.29, 0.717) is 25.7 Å². The van der Waals surface area contributed by atoms with E-state index < -0.39 is 17.2 Å². The standard InChI is InChI=1S/C15H26O5.C15H24O5/c2*1-3-4-11-5-7-13-15(10-16,20-11)9-12(19-13)6-8-14(17)18-2/h11-13,16H,3-10H2,1-2H3;6,8,11-13,16H,3-5,7,9-10H2,1-2H3/b;8-6+/t2*11?,12-,13-,15?/m00/s1. The van der Waals surface area contributed by atoms with Gasteiger partial charge in [-0.2, -0.15) is 0 Å². The number of rotatable bonds is 11. The highest BCUT2D eigenvalue weighted by Gasteiger charge is 2.53. The van der Waals surface area contributed by atoms with Gasteiger partial charge in [0.1, 0.15) is 11.2 Å². The van der Waals surface area contributed by atoms with Crippen molar-refractivity contribution in [3.63, 3.8) is 0 Å². The Bertz CT molecular complexity index is 833. The van der Waals surface area contributed by atoms with Crippen LogP contribution >= 0.6 is 0 Å². The summed E-state index contributed by atoms with van der Waals surface area (Å²) in [5, 5.41) is 19.5. The third-order valence-electron chi connectivity index (χ3n) is 8.60. The molecule has 0 radical (unpaired) electrons. The van der Waals surface area contributed by atoms with Crippen molar-refractivity contribution >= 4 is 11.9 Å². The van der Waals surface area contributed by atoms with E-state index in [1.54, 1.807) is 6.08 Å². The summed E-state index contributed by atoms with van der Waals surface area (Å²) < 4.78 is 33.4. The zero-order valence-electron chi connectivity index (χ0n) is 24.7. The third-order valence-corrected chi connectivity index (χ3v) is 8.60. The first kappa shape index (κ1) is 32.9. The summed E-state index contributed by atoms with van der Waals surface area (Å²) in [6.45, 7) is 4.23. The summed E-state index contributed by atoms with van der Waals surface area (Å²) in [6, 6.07) is 0. The number of ether oxygens (including phenoxy) is 6. The predicted octanol–water partition coefficient (Wildman–Crippen LogP) is 3.39. The van der Waals surface area contributed by atoms with Crippen molar-refractivity contribution in [3.8, 4) is 0 Å². The van der Waals surface area contributed by atoms with E-state index in [4.69, 9.17) is 18.9 Å². The number of hydrogen-bond donors (Lipinski definition) is 2. The van der Waals surface area contributed by atoms with Crippen LogP contribution in [0.1, 0.15) is 90.9 Å². The van der Waals surface area contributed by atoms with Crippen molar-refractivity contribution in [2.75, 3.05) is 27.4 Å². The van der Waals surface area contributed by atoms with E-state index in [2.05, 4.69) is 23.3 Å². The summed E-state index contributed by atoms with van der Waals surface area (Å²) in [5.41, 5.74) is -1.16. The number of aliphatic hydroxyl groups excluding tert-OH is 2. The van der Waals surface area contributed by atoms with E-state index in [1.165, 1.54) is 20.3 Å². The molecule has 4 aliphatic rings. The molecule has 0 aromatic rings. The van der Waals surface area contributed by atoms with Gasteiger partial charge in [-0.15, -0.1) is 0 Å². The summed E-state index contributed by atoms with van der Waals surface area (Å²) in [7, 11) is 2.74. The largest absolute Gasteiger partial charge is 0.469 e. The molecular weight excluding hydrogens is 520 g/mol. The molecule has 4 unspecified atom stereocenters. The second kappa shape index (κ2) is 15.6. The first-order valence-electron chi connectivity index (χ1n) is 15.0. The van der Waals surface area contributed by atoms with E-state index in [1.807, 2.05) is 0 Å². The molecule has 0 aromatic carbocycles. The normalized spacial score (nSPS) is 36.9. The number of aliphatic hydroxyl groups is 2. The van der Waals surface area contributed by atoms with Gasteiger partial charge in [-0.25, -0.2) is 4.79 Å². The minimum Gasteiger partial charge on any atom is -0.469 e. The number of fused-ring (bicyclic) bond motifs is 2. The summed E-state index contributed by atoms with van der Waals surface area (Å²) in [6.07, 6.45) is 13.4. The molecule has 2 N–H and O–H groups in total. The second-order valence-electron chi connectivity index (χ2n) is 11.5. The topological polar surface area (TPSA) is 130 Å². The van der Waals surface area contributed by atoms with Crippen molar-refractivity contribution in [2.45, 2.75) is 139 Å². The summed E-state index contributed by atoms with van der Waals surface area (Å²) in [4.78, 5) is 22.3. The Labute approximate surface area is 238 Å². The molecule has 0 aliphatic carbocycles. The maximum atomic E-state index is 11.2. The van der Waals surface area contributed by atoms with Crippen molar-refractivity contribution in [2.24, 2.45) is 0 Å². The number of carbonyl (C=O) groups excluding carboxylic acids is 2. The number of methoxy groups -OCH3 is 2. The number of hydrogen-bond acceptors (Lipinski definition) is 10. The number of carbonyl (C=O) groups is 2. The van der Waals surface area contributed by atoms with Crippen molar-refractivity contribution in [3.05, 3.63) is 12.2 Å². The highest BCUT2D eigenvalue weighted by molar-refractivity contribution is 5.81. The smallest absolute Gasteiger partial charge is 0.330 e. The molecule has 10 heteroatoms. The van der Waals surface area contributed by atoms with Crippen LogP contribution in [0.3, 0.4) is 0 Å². The van der Waals surface area contributed by atoms with E-state index in [-0.39, 0.29) is 55.8 Å². The molecule has 230 valence electrons. The highest BCUT2D eigenvalue weighted by atomic mass is 16.6. The van der Waals surface area contributed by atoms with Crippen molar-refractivity contribution in [1.29, 1.82) is 0 Å². The fourth-order valence-electron chi connectivity index (χ4n) is 6.52. The fourth-order valence-corrected chi connectivity index (χ4v) is 6.52. The molecule has 4 rings (SSSR count). The molecule has 0 saturated carbocycles. The maximum Gasteiger partial charge on any atom is 0.330 e. The fraction of sp³-hybridized carbons (Fsp3) is 0.867. The van der Waals surface area contributed by atoms with Gasteiger partial charge in [-0.3, -0.25) is 4.79 Å². The van der Waals surface area contributed by atoms with Crippen LogP contribution in [0.5, 0.6) is 0 Å². The average Bonchev–Trinajstić information content (AvgIpc) is 3.53. The minimum absolute atomic E-state index is 0.00734. The molecule has 4 saturated heterocycles. The summed E-state index contributed by atoms with van der Waals surface area (Å²) in [5.74, 6) is -0.613. The van der Waals surface area contributed by atoms with Gasteiger partial charge in [0.15, 0.2) is 0 Å². The predicted molar refractivity (Wildman–Crippen MR) is 147 cm³/mol. The molecule has 10 nitrogen and oxygen atoms in total. The van der Waals surface area contributed by atoms with Crippen LogP contribution in [0.2, 0.25) is 0 Å². The molecule has 4 fully saturated rings. The Balaban J connectivity index is 0.000000220. The van der Waals surface area contributed by atoms with Gasteiger partial charge >= 0.3 is 11.9 Å². The SMILES string of the molecule is CCCC1CC[C@@H]2O[C@@H](/C=C/C(=O)OC)CC2(CO)O1.CCCC1CC[C@@H]2O[C@@H](CCC(=O)OC)CC2(CO)O1. The molecule has 0 bridgehead atoms. The van der Waals surface area contributed by atoms with Crippen LogP contribution in [0.15, 0.2) is 12.2 Å². The van der Waals surface area contributed by atoms with Crippen LogP contribution in [-0.2, 0) is 38.0 Å². The van der Waals surface area contributed by atoms with Gasteiger partial charge in [0.2, 0.25) is 0 Å². The third kappa shape index (κ3) is 8.26. The van der Waals surface area contributed by atoms with E-state index in [0.717, 1.165) is 51.4 Å². The highest BCUT2D eigenvalue weighted by Crippen LogP contribution is 2.44. The molecule has 8 atom stereocenters. The quantitative estimate of drug-likeness (QED) is 0.282. The van der Waals surface area contributed by atoms with Gasteiger partial charge in [0.25, 0.3) is 0 Å². The van der Waals surface area contributed by atoms with Gasteiger partial charge in [0, 0.05) is 25.3 Å². The lowest BCUT2D eigenvalue weighted by molar-refractivity contribution is -0.183. The molecule has 0 spiro atoms. The Morgan fingerprint density at radius 2 is 1.38 bits per heavy atom. The molecular formula is C30H50O10. The number of esters is 2. The van der Waals surface area contributed by atoms with Crippen LogP contribution < -0.4 is 0 Å². The van der Waals surface area contributed by atoms with Gasteiger partial charge in [-0.05, 0) is 51.0 Å². The van der Waals surface area contributed by atoms with Crippen molar-refractivity contribution < 1.29 is 48.2 Å². The second-order valence-corrected chi connectivity index (χ2v) is 11.5. The van der Waals surface area contributed by atoms with Crippen molar-refractivity contribution in [1.82, 2.24) is 0 Å². The van der Waals surface area contributed by atoms with Gasteiger partial charge < -0.3 is 38.6 Å². The Kier molecular flexibility index (Phi) is 12.9. The lowest BCUT2D eigenvalue weighted by atomic mass is 9.86. The molecule has 40 heavy (non-hydrogen) atoms. The van der Waals surface area contributed by atoms with Crippen LogP contribution in [0.25, 0.3) is 0 Å². The van der Waals surface area contributed by atoms with Gasteiger partial charge in [-0.1, -0.05) is 26.7 Å². The Morgan fingerprint density at radius 3 is 1.90 bits per heavy atom. The monoisotopic (exact) mass is 570 g/mol. The lowest BCUT2D eigenvalue weighted by Gasteiger charge is -2.40. The van der Waals surface area contributed by atoms with Crippen LogP contribution in [0, 0.1) is 0 Å². The Morgan fingerprint density at radius 1 is 0.800 bits per heavy atom. The molecule has 4 heterocycles. The molecule has 4 aliphatic heterocycles. The first-order chi connectivity index (χ1) is 19.3. The van der Waals surface area contributed by atoms with Crippen LogP contribution in [-0.4, -0.2) is 97.4 Å². The summed E-state index contributed by atoms with van der Waals surface area (Å²) >= 11 is 0. The molecule has 0 amide bonds. The zero-order chi connectivity index (χ0) is 29.2. The first-order valence-corrected chi connectivity index (χ1v) is 15.0. The van der Waals surface area contributed by atoms with E-state index in [9.17, 15) is 19.8 Å². The van der Waals surface area contributed by atoms with E-state index >= 15 is 0 Å². The van der Waals surface area contributed by atoms with Crippen LogP contribution in [0.4, 0.5) is 0 Å². The molecule has 0 aromatic heterocycles.